The lowest BCUT2D eigenvalue weighted by Crippen LogP contribution is -2.38. The third kappa shape index (κ3) is 5.85. The van der Waals surface area contributed by atoms with E-state index in [2.05, 4.69) is 4.90 Å². The molecule has 1 aliphatic heterocycles. The van der Waals surface area contributed by atoms with Crippen molar-refractivity contribution in [2.24, 2.45) is 13.0 Å². The van der Waals surface area contributed by atoms with Gasteiger partial charge in [-0.15, -0.1) is 0 Å². The topological polar surface area (TPSA) is 57.9 Å². The first kappa shape index (κ1) is 27.2. The highest BCUT2D eigenvalue weighted by Crippen LogP contribution is 2.36. The Labute approximate surface area is 218 Å². The van der Waals surface area contributed by atoms with Gasteiger partial charge in [0, 0.05) is 54.1 Å². The maximum Gasteiger partial charge on any atom is 0.416 e. The Morgan fingerprint density at radius 2 is 1.81 bits per heavy atom. The van der Waals surface area contributed by atoms with Crippen LogP contribution in [0.5, 0.6) is 0 Å². The normalized spacial score (nSPS) is 15.9. The second-order valence-corrected chi connectivity index (χ2v) is 10.2. The number of piperidine rings is 1. The lowest BCUT2D eigenvalue weighted by atomic mass is 9.97. The van der Waals surface area contributed by atoms with Crippen molar-refractivity contribution in [1.82, 2.24) is 9.47 Å². The minimum Gasteiger partial charge on any atom is -0.368 e. The minimum atomic E-state index is -4.42. The Bertz CT molecular complexity index is 1240. The number of aromatic nitrogens is 1. The van der Waals surface area contributed by atoms with Crippen LogP contribution >= 0.6 is 23.2 Å². The predicted molar refractivity (Wildman–Crippen MR) is 134 cm³/mol. The lowest BCUT2D eigenvalue weighted by Gasteiger charge is -2.32. The molecule has 10 heteroatoms. The first-order chi connectivity index (χ1) is 17.0. The first-order valence-electron chi connectivity index (χ1n) is 11.7. The molecule has 2 heterocycles. The Kier molecular flexibility index (Phi) is 8.24. The fourth-order valence-electron chi connectivity index (χ4n) is 4.76. The van der Waals surface area contributed by atoms with E-state index in [-0.39, 0.29) is 12.5 Å². The van der Waals surface area contributed by atoms with Gasteiger partial charge in [0.05, 0.1) is 23.9 Å². The zero-order chi connectivity index (χ0) is 26.2. The van der Waals surface area contributed by atoms with Gasteiger partial charge >= 0.3 is 6.18 Å². The predicted octanol–water partition coefficient (Wildman–Crippen LogP) is 5.90. The summed E-state index contributed by atoms with van der Waals surface area (Å²) in [7, 11) is 1.74. The highest BCUT2D eigenvalue weighted by Gasteiger charge is 2.31. The lowest BCUT2D eigenvalue weighted by molar-refractivity contribution is -0.137. The number of rotatable bonds is 7. The van der Waals surface area contributed by atoms with Crippen molar-refractivity contribution in [3.63, 3.8) is 0 Å². The molecule has 0 radical (unpaired) electrons. The number of alkyl halides is 3. The van der Waals surface area contributed by atoms with Crippen LogP contribution in [0.25, 0.3) is 10.9 Å². The van der Waals surface area contributed by atoms with E-state index < -0.39 is 18.0 Å². The molecule has 0 aliphatic carbocycles. The number of aliphatic hydroxyl groups is 2. The van der Waals surface area contributed by atoms with Crippen molar-refractivity contribution < 1.29 is 28.1 Å². The summed E-state index contributed by atoms with van der Waals surface area (Å²) in [5, 5.41) is 20.4. The van der Waals surface area contributed by atoms with Crippen LogP contribution in [0.3, 0.4) is 0 Å². The molecule has 5 nitrogen and oxygen atoms in total. The van der Waals surface area contributed by atoms with Crippen molar-refractivity contribution in [1.29, 1.82) is 0 Å². The fourth-order valence-corrected chi connectivity index (χ4v) is 5.32. The number of aliphatic hydroxyl groups excluding tert-OH is 1. The molecular weight excluding hydrogens is 516 g/mol. The molecule has 0 spiro atoms. The molecule has 4 rings (SSSR count). The van der Waals surface area contributed by atoms with Crippen molar-refractivity contribution >= 4 is 34.1 Å². The average molecular weight is 545 g/mol. The summed E-state index contributed by atoms with van der Waals surface area (Å²) in [6.45, 7) is 3.78. The van der Waals surface area contributed by atoms with Gasteiger partial charge in [-0.1, -0.05) is 29.3 Å². The average Bonchev–Trinajstić information content (AvgIpc) is 3.14. The molecule has 0 bridgehead atoms. The molecule has 0 amide bonds. The molecule has 0 atom stereocenters. The van der Waals surface area contributed by atoms with Gasteiger partial charge in [-0.2, -0.15) is 13.2 Å². The first-order valence-corrected chi connectivity index (χ1v) is 12.5. The molecule has 1 aromatic heterocycles. The van der Waals surface area contributed by atoms with Gasteiger partial charge in [-0.05, 0) is 60.7 Å². The number of hydrogen-bond donors (Lipinski definition) is 2. The molecule has 1 fully saturated rings. The third-order valence-electron chi connectivity index (χ3n) is 7.00. The molecule has 0 unspecified atom stereocenters. The minimum absolute atomic E-state index is 0.104. The standard InChI is InChI=1S/C26H29Cl2F3N2O3/c1-15-9-18(26(29,30)31)10-23-20(15)11-19(32(23)2)12-21-22(27)4-3-17(24(21)28)13-36-14-33-7-5-16(6-8-33)25(34)35/h3-4,9-11,16,25,34-35H,5-8,12-14H2,1-2H3. The maximum atomic E-state index is 13.3. The van der Waals surface area contributed by atoms with Crippen molar-refractivity contribution in [2.45, 2.75) is 45.3 Å². The zero-order valence-corrected chi connectivity index (χ0v) is 21.6. The fraction of sp³-hybridized carbons (Fsp3) is 0.462. The smallest absolute Gasteiger partial charge is 0.368 e. The molecule has 3 aromatic rings. The number of nitrogens with zero attached hydrogens (tertiary/aromatic N) is 2. The number of ether oxygens (including phenoxy) is 1. The van der Waals surface area contributed by atoms with Gasteiger partial charge in [-0.3, -0.25) is 4.90 Å². The molecule has 0 saturated carbocycles. The van der Waals surface area contributed by atoms with Crippen LogP contribution in [-0.2, 0) is 31.0 Å². The van der Waals surface area contributed by atoms with Crippen LogP contribution in [-0.4, -0.2) is 45.8 Å². The summed E-state index contributed by atoms with van der Waals surface area (Å²) in [6, 6.07) is 7.78. The van der Waals surface area contributed by atoms with Crippen LogP contribution in [0.2, 0.25) is 10.0 Å². The molecule has 2 aromatic carbocycles. The van der Waals surface area contributed by atoms with Crippen molar-refractivity contribution in [2.75, 3.05) is 19.8 Å². The molecule has 1 saturated heterocycles. The Morgan fingerprint density at radius 3 is 2.44 bits per heavy atom. The zero-order valence-electron chi connectivity index (χ0n) is 20.1. The van der Waals surface area contributed by atoms with Crippen LogP contribution < -0.4 is 0 Å². The van der Waals surface area contributed by atoms with Gasteiger partial charge in [0.1, 0.15) is 0 Å². The molecule has 1 aliphatic rings. The van der Waals surface area contributed by atoms with Crippen molar-refractivity contribution in [3.8, 4) is 0 Å². The Morgan fingerprint density at radius 1 is 1.11 bits per heavy atom. The van der Waals surface area contributed by atoms with Gasteiger partial charge in [0.2, 0.25) is 0 Å². The number of benzene rings is 2. The van der Waals surface area contributed by atoms with E-state index in [9.17, 15) is 23.4 Å². The second-order valence-electron chi connectivity index (χ2n) is 9.44. The van der Waals surface area contributed by atoms with E-state index in [0.29, 0.717) is 52.7 Å². The largest absolute Gasteiger partial charge is 0.416 e. The number of fused-ring (bicyclic) bond motifs is 1. The highest BCUT2D eigenvalue weighted by atomic mass is 35.5. The van der Waals surface area contributed by atoms with E-state index in [4.69, 9.17) is 27.9 Å². The molecule has 196 valence electrons. The SMILES string of the molecule is Cc1cc(C(F)(F)F)cc2c1cc(Cc1c(Cl)ccc(COCN3CCC(C(O)O)CC3)c1Cl)n2C. The summed E-state index contributed by atoms with van der Waals surface area (Å²) in [5.41, 5.74) is 2.64. The van der Waals surface area contributed by atoms with Gasteiger partial charge in [-0.25, -0.2) is 0 Å². The number of likely N-dealkylation sites (tertiary alicyclic amines) is 1. The van der Waals surface area contributed by atoms with Crippen LogP contribution in [0.15, 0.2) is 30.3 Å². The van der Waals surface area contributed by atoms with Crippen LogP contribution in [0.1, 0.15) is 40.8 Å². The van der Waals surface area contributed by atoms with Crippen LogP contribution in [0.4, 0.5) is 13.2 Å². The van der Waals surface area contributed by atoms with Gasteiger partial charge in [0.15, 0.2) is 6.29 Å². The molecule has 36 heavy (non-hydrogen) atoms. The van der Waals surface area contributed by atoms with Gasteiger partial charge in [0.25, 0.3) is 0 Å². The highest BCUT2D eigenvalue weighted by molar-refractivity contribution is 6.36. The summed E-state index contributed by atoms with van der Waals surface area (Å²) in [6.07, 6.45) is -3.95. The number of halogens is 5. The van der Waals surface area contributed by atoms with Gasteiger partial charge < -0.3 is 19.5 Å². The molecule has 2 N–H and O–H groups in total. The van der Waals surface area contributed by atoms with E-state index in [1.54, 1.807) is 24.6 Å². The molecular formula is C26H29Cl2F3N2O3. The van der Waals surface area contributed by atoms with E-state index >= 15 is 0 Å². The quantitative estimate of drug-likeness (QED) is 0.363. The summed E-state index contributed by atoms with van der Waals surface area (Å²) >= 11 is 13.2. The van der Waals surface area contributed by atoms with E-state index in [0.717, 1.165) is 29.7 Å². The van der Waals surface area contributed by atoms with Crippen LogP contribution in [0, 0.1) is 12.8 Å². The second kappa shape index (κ2) is 10.9. The Balaban J connectivity index is 1.49. The van der Waals surface area contributed by atoms with E-state index in [1.165, 1.54) is 12.1 Å². The number of hydrogen-bond acceptors (Lipinski definition) is 4. The number of aryl methyl sites for hydroxylation is 2. The summed E-state index contributed by atoms with van der Waals surface area (Å²) < 4.78 is 47.6. The monoisotopic (exact) mass is 544 g/mol. The maximum absolute atomic E-state index is 13.3. The Hall–Kier alpha value is -1.81. The summed E-state index contributed by atoms with van der Waals surface area (Å²) in [4.78, 5) is 2.11. The third-order valence-corrected chi connectivity index (χ3v) is 7.83. The van der Waals surface area contributed by atoms with E-state index in [1.807, 2.05) is 12.1 Å². The summed E-state index contributed by atoms with van der Waals surface area (Å²) in [5.74, 6) is -0.104. The van der Waals surface area contributed by atoms with Crippen molar-refractivity contribution in [3.05, 3.63) is 68.3 Å².